The highest BCUT2D eigenvalue weighted by Gasteiger charge is 2.09. The molecule has 3 aromatic rings. The lowest BCUT2D eigenvalue weighted by Crippen LogP contribution is -2.38. The third-order valence-electron chi connectivity index (χ3n) is 3.64. The van der Waals surface area contributed by atoms with Gasteiger partial charge in [0, 0.05) is 17.0 Å². The minimum absolute atomic E-state index is 0. The van der Waals surface area contributed by atoms with Gasteiger partial charge < -0.3 is 15.1 Å². The third kappa shape index (κ3) is 5.57. The van der Waals surface area contributed by atoms with E-state index in [1.807, 2.05) is 30.3 Å². The van der Waals surface area contributed by atoms with Gasteiger partial charge in [-0.2, -0.15) is 0 Å². The molecule has 0 amide bonds. The van der Waals surface area contributed by atoms with Gasteiger partial charge in [0.25, 0.3) is 0 Å². The molecule has 5 nitrogen and oxygen atoms in total. The van der Waals surface area contributed by atoms with Gasteiger partial charge >= 0.3 is 0 Å². The molecule has 0 aliphatic heterocycles. The van der Waals surface area contributed by atoms with Crippen LogP contribution in [-0.4, -0.2) is 17.5 Å². The number of hydrogen-bond acceptors (Lipinski definition) is 4. The fraction of sp³-hybridized carbons (Fsp3) is 0.263. The van der Waals surface area contributed by atoms with Gasteiger partial charge in [-0.25, -0.2) is 9.98 Å². The molecule has 1 atom stereocenters. The first-order valence-corrected chi connectivity index (χ1v) is 9.22. The molecule has 0 bridgehead atoms. The summed E-state index contributed by atoms with van der Waals surface area (Å²) in [7, 11) is 0. The monoisotopic (exact) mass is 482 g/mol. The number of oxazole rings is 1. The second kappa shape index (κ2) is 10.3. The molecule has 0 saturated carbocycles. The van der Waals surface area contributed by atoms with E-state index in [4.69, 9.17) is 4.42 Å². The van der Waals surface area contributed by atoms with Crippen molar-refractivity contribution in [3.8, 4) is 11.5 Å². The standard InChI is InChI=1S/C19H22N4OS.HI/c1-3-20-19(22-14(2)17-10-7-11-25-17)21-12-16-13-24-18(23-16)15-8-5-4-6-9-15;/h4-11,13-14H,3,12H2,1-2H3,(H2,20,21,22);1H. The van der Waals surface area contributed by atoms with Crippen LogP contribution in [0.5, 0.6) is 0 Å². The number of nitrogens with one attached hydrogen (secondary N) is 2. The lowest BCUT2D eigenvalue weighted by Gasteiger charge is -2.16. The van der Waals surface area contributed by atoms with Crippen molar-refractivity contribution in [2.75, 3.05) is 6.54 Å². The Bertz CT molecular complexity index is 802. The van der Waals surface area contributed by atoms with Crippen LogP contribution in [0.15, 0.2) is 63.5 Å². The number of aliphatic imine (C=N–C) groups is 1. The van der Waals surface area contributed by atoms with Crippen LogP contribution < -0.4 is 10.6 Å². The van der Waals surface area contributed by atoms with Crippen molar-refractivity contribution in [2.24, 2.45) is 4.99 Å². The molecule has 2 N–H and O–H groups in total. The molecule has 26 heavy (non-hydrogen) atoms. The van der Waals surface area contributed by atoms with Crippen LogP contribution in [0.4, 0.5) is 0 Å². The zero-order chi connectivity index (χ0) is 17.5. The Hall–Kier alpha value is -1.87. The van der Waals surface area contributed by atoms with Crippen molar-refractivity contribution in [2.45, 2.75) is 26.4 Å². The fourth-order valence-electron chi connectivity index (χ4n) is 2.39. The first-order chi connectivity index (χ1) is 12.3. The normalized spacial score (nSPS) is 12.3. The summed E-state index contributed by atoms with van der Waals surface area (Å²) < 4.78 is 5.56. The average Bonchev–Trinajstić information content (AvgIpc) is 3.32. The van der Waals surface area contributed by atoms with Crippen molar-refractivity contribution >= 4 is 41.3 Å². The van der Waals surface area contributed by atoms with Gasteiger partial charge in [0.05, 0.1) is 12.6 Å². The number of thiophene rings is 1. The van der Waals surface area contributed by atoms with E-state index in [0.29, 0.717) is 12.4 Å². The number of nitrogens with zero attached hydrogens (tertiary/aromatic N) is 2. The quantitative estimate of drug-likeness (QED) is 0.300. The van der Waals surface area contributed by atoms with Gasteiger partial charge in [-0.3, -0.25) is 0 Å². The lowest BCUT2D eigenvalue weighted by molar-refractivity contribution is 0.572. The predicted octanol–water partition coefficient (Wildman–Crippen LogP) is 4.84. The Balaban J connectivity index is 0.00000243. The molecule has 2 heterocycles. The van der Waals surface area contributed by atoms with Crippen molar-refractivity contribution in [1.82, 2.24) is 15.6 Å². The summed E-state index contributed by atoms with van der Waals surface area (Å²) in [5.74, 6) is 1.39. The van der Waals surface area contributed by atoms with E-state index in [0.717, 1.165) is 23.8 Å². The Labute approximate surface area is 175 Å². The maximum Gasteiger partial charge on any atom is 0.226 e. The smallest absolute Gasteiger partial charge is 0.226 e. The second-order valence-corrected chi connectivity index (χ2v) is 6.57. The Kier molecular flexibility index (Phi) is 8.11. The van der Waals surface area contributed by atoms with E-state index in [1.54, 1.807) is 17.6 Å². The Morgan fingerprint density at radius 3 is 2.73 bits per heavy atom. The van der Waals surface area contributed by atoms with E-state index in [1.165, 1.54) is 4.88 Å². The first kappa shape index (κ1) is 20.4. The number of halogens is 1. The van der Waals surface area contributed by atoms with E-state index in [-0.39, 0.29) is 30.0 Å². The summed E-state index contributed by atoms with van der Waals surface area (Å²) in [5, 5.41) is 8.77. The van der Waals surface area contributed by atoms with Gasteiger partial charge in [0.1, 0.15) is 12.0 Å². The second-order valence-electron chi connectivity index (χ2n) is 5.59. The fourth-order valence-corrected chi connectivity index (χ4v) is 3.12. The Morgan fingerprint density at radius 1 is 1.23 bits per heavy atom. The van der Waals surface area contributed by atoms with E-state index in [9.17, 15) is 0 Å². The van der Waals surface area contributed by atoms with Gasteiger partial charge in [-0.1, -0.05) is 24.3 Å². The van der Waals surface area contributed by atoms with Crippen LogP contribution in [0.3, 0.4) is 0 Å². The first-order valence-electron chi connectivity index (χ1n) is 8.34. The number of aromatic nitrogens is 1. The van der Waals surface area contributed by atoms with Gasteiger partial charge in [-0.05, 0) is 37.4 Å². The van der Waals surface area contributed by atoms with Crippen LogP contribution in [0.1, 0.15) is 30.5 Å². The molecule has 1 unspecified atom stereocenters. The van der Waals surface area contributed by atoms with E-state index >= 15 is 0 Å². The minimum Gasteiger partial charge on any atom is -0.444 e. The topological polar surface area (TPSA) is 62.5 Å². The molecular formula is C19H23IN4OS. The van der Waals surface area contributed by atoms with E-state index < -0.39 is 0 Å². The zero-order valence-electron chi connectivity index (χ0n) is 14.8. The zero-order valence-corrected chi connectivity index (χ0v) is 18.0. The van der Waals surface area contributed by atoms with Gasteiger partial charge in [0.2, 0.25) is 5.89 Å². The van der Waals surface area contributed by atoms with Crippen molar-refractivity contribution in [3.05, 3.63) is 64.7 Å². The molecule has 3 rings (SSSR count). The molecule has 2 aromatic heterocycles. The maximum absolute atomic E-state index is 5.56. The molecule has 0 fully saturated rings. The summed E-state index contributed by atoms with van der Waals surface area (Å²) in [5.41, 5.74) is 1.77. The largest absolute Gasteiger partial charge is 0.444 e. The van der Waals surface area contributed by atoms with Crippen LogP contribution in [-0.2, 0) is 6.54 Å². The molecule has 0 aliphatic rings. The van der Waals surface area contributed by atoms with Crippen LogP contribution in [0.2, 0.25) is 0 Å². The van der Waals surface area contributed by atoms with Crippen LogP contribution in [0, 0.1) is 0 Å². The molecule has 0 spiro atoms. The lowest BCUT2D eigenvalue weighted by atomic mass is 10.2. The summed E-state index contributed by atoms with van der Waals surface area (Å²) in [6, 6.07) is 14.3. The molecule has 0 radical (unpaired) electrons. The highest BCUT2D eigenvalue weighted by molar-refractivity contribution is 14.0. The number of rotatable bonds is 6. The number of guanidine groups is 1. The maximum atomic E-state index is 5.56. The molecular weight excluding hydrogens is 459 g/mol. The molecule has 1 aromatic carbocycles. The minimum atomic E-state index is 0. The average molecular weight is 482 g/mol. The highest BCUT2D eigenvalue weighted by atomic mass is 127. The molecule has 0 aliphatic carbocycles. The summed E-state index contributed by atoms with van der Waals surface area (Å²) in [4.78, 5) is 10.4. The third-order valence-corrected chi connectivity index (χ3v) is 4.69. The van der Waals surface area contributed by atoms with Crippen molar-refractivity contribution < 1.29 is 4.42 Å². The van der Waals surface area contributed by atoms with E-state index in [2.05, 4.69) is 52.0 Å². The summed E-state index contributed by atoms with van der Waals surface area (Å²) in [6.07, 6.45) is 1.66. The Morgan fingerprint density at radius 2 is 2.04 bits per heavy atom. The van der Waals surface area contributed by atoms with Crippen LogP contribution >= 0.6 is 35.3 Å². The van der Waals surface area contributed by atoms with Crippen molar-refractivity contribution in [3.63, 3.8) is 0 Å². The highest BCUT2D eigenvalue weighted by Crippen LogP contribution is 2.19. The molecule has 0 saturated heterocycles. The van der Waals surface area contributed by atoms with Crippen molar-refractivity contribution in [1.29, 1.82) is 0 Å². The SMILES string of the molecule is CCNC(=NCc1coc(-c2ccccc2)n1)NC(C)c1cccs1.I. The predicted molar refractivity (Wildman–Crippen MR) is 118 cm³/mol. The van der Waals surface area contributed by atoms with Gasteiger partial charge in [0.15, 0.2) is 5.96 Å². The summed E-state index contributed by atoms with van der Waals surface area (Å²) >= 11 is 1.73. The number of benzene rings is 1. The van der Waals surface area contributed by atoms with Crippen LogP contribution in [0.25, 0.3) is 11.5 Å². The van der Waals surface area contributed by atoms with Gasteiger partial charge in [-0.15, -0.1) is 35.3 Å². The molecule has 138 valence electrons. The molecule has 7 heteroatoms. The number of hydrogen-bond donors (Lipinski definition) is 2. The summed E-state index contributed by atoms with van der Waals surface area (Å²) in [6.45, 7) is 5.44.